The maximum Gasteiger partial charge on any atom is 0.0329 e. The molecular formula is C20H25N. The Morgan fingerprint density at radius 2 is 1.71 bits per heavy atom. The van der Waals surface area contributed by atoms with E-state index in [4.69, 9.17) is 0 Å². The summed E-state index contributed by atoms with van der Waals surface area (Å²) in [6, 6.07) is 18.4. The first-order valence-electron chi connectivity index (χ1n) is 8.11. The van der Waals surface area contributed by atoms with Gasteiger partial charge in [-0.1, -0.05) is 62.4 Å². The van der Waals surface area contributed by atoms with Crippen LogP contribution in [-0.2, 0) is 19.4 Å². The van der Waals surface area contributed by atoms with Gasteiger partial charge in [-0.15, -0.1) is 0 Å². The van der Waals surface area contributed by atoms with E-state index in [9.17, 15) is 0 Å². The Kier molecular flexibility index (Phi) is 4.40. The van der Waals surface area contributed by atoms with Gasteiger partial charge >= 0.3 is 0 Å². The van der Waals surface area contributed by atoms with E-state index in [1.54, 1.807) is 0 Å². The summed E-state index contributed by atoms with van der Waals surface area (Å²) in [5.74, 6) is 0.726. The Hall–Kier alpha value is -1.60. The van der Waals surface area contributed by atoms with Crippen molar-refractivity contribution in [2.24, 2.45) is 5.92 Å². The molecule has 0 saturated carbocycles. The molecule has 0 spiro atoms. The molecule has 3 rings (SSSR count). The lowest BCUT2D eigenvalue weighted by Crippen LogP contribution is -2.18. The van der Waals surface area contributed by atoms with Crippen LogP contribution in [0.4, 0.5) is 0 Å². The fourth-order valence-corrected chi connectivity index (χ4v) is 3.27. The average Bonchev–Trinajstić information content (AvgIpc) is 2.89. The van der Waals surface area contributed by atoms with E-state index >= 15 is 0 Å². The number of fused-ring (bicyclic) bond motifs is 1. The highest BCUT2D eigenvalue weighted by molar-refractivity contribution is 5.34. The predicted octanol–water partition coefficient (Wildman–Crippen LogP) is 4.66. The fourth-order valence-electron chi connectivity index (χ4n) is 3.27. The molecule has 1 nitrogen and oxygen atoms in total. The molecule has 0 radical (unpaired) electrons. The minimum absolute atomic E-state index is 0.525. The molecule has 0 heterocycles. The molecule has 0 saturated heterocycles. The molecule has 1 atom stereocenters. The van der Waals surface area contributed by atoms with Crippen LogP contribution in [0.25, 0.3) is 0 Å². The number of hydrogen-bond acceptors (Lipinski definition) is 1. The fraction of sp³-hybridized carbons (Fsp3) is 0.400. The zero-order valence-corrected chi connectivity index (χ0v) is 13.1. The van der Waals surface area contributed by atoms with Crippen molar-refractivity contribution in [2.45, 2.75) is 45.7 Å². The summed E-state index contributed by atoms with van der Waals surface area (Å²) in [5, 5.41) is 3.71. The smallest absolute Gasteiger partial charge is 0.0329 e. The number of aryl methyl sites for hydroxylation is 1. The van der Waals surface area contributed by atoms with Gasteiger partial charge in [0.15, 0.2) is 0 Å². The van der Waals surface area contributed by atoms with Gasteiger partial charge < -0.3 is 5.32 Å². The van der Waals surface area contributed by atoms with Crippen LogP contribution in [0.15, 0.2) is 48.5 Å². The third-order valence-corrected chi connectivity index (χ3v) is 4.35. The summed E-state index contributed by atoms with van der Waals surface area (Å²) in [4.78, 5) is 0. The van der Waals surface area contributed by atoms with Crippen LogP contribution in [0.5, 0.6) is 0 Å². The standard InChI is InChI=1S/C20H25N/c1-15(2)13-16-7-9-17(10-8-16)14-21-20-12-11-18-5-3-4-6-19(18)20/h3-10,15,20-21H,11-14H2,1-2H3. The summed E-state index contributed by atoms with van der Waals surface area (Å²) < 4.78 is 0. The number of nitrogens with one attached hydrogen (secondary N) is 1. The zero-order valence-electron chi connectivity index (χ0n) is 13.1. The molecular weight excluding hydrogens is 254 g/mol. The van der Waals surface area contributed by atoms with Gasteiger partial charge in [0.25, 0.3) is 0 Å². The monoisotopic (exact) mass is 279 g/mol. The first-order valence-corrected chi connectivity index (χ1v) is 8.11. The number of benzene rings is 2. The SMILES string of the molecule is CC(C)Cc1ccc(CNC2CCc3ccccc32)cc1. The van der Waals surface area contributed by atoms with Gasteiger partial charge in [-0.25, -0.2) is 0 Å². The van der Waals surface area contributed by atoms with Crippen LogP contribution in [0.3, 0.4) is 0 Å². The van der Waals surface area contributed by atoms with Crippen molar-refractivity contribution in [3.8, 4) is 0 Å². The molecule has 0 bridgehead atoms. The molecule has 1 aliphatic carbocycles. The van der Waals surface area contributed by atoms with Gasteiger partial charge in [-0.2, -0.15) is 0 Å². The third-order valence-electron chi connectivity index (χ3n) is 4.35. The van der Waals surface area contributed by atoms with Crippen LogP contribution in [-0.4, -0.2) is 0 Å². The van der Waals surface area contributed by atoms with Crippen LogP contribution in [0.1, 0.15) is 48.6 Å². The first kappa shape index (κ1) is 14.3. The number of rotatable bonds is 5. The molecule has 0 fully saturated rings. The molecule has 2 aromatic carbocycles. The second-order valence-electron chi connectivity index (χ2n) is 6.59. The van der Waals surface area contributed by atoms with Crippen molar-refractivity contribution in [3.05, 3.63) is 70.8 Å². The Labute approximate surface area is 128 Å². The minimum Gasteiger partial charge on any atom is -0.306 e. The van der Waals surface area contributed by atoms with Gasteiger partial charge in [0.1, 0.15) is 0 Å². The molecule has 0 aliphatic heterocycles. The first-order chi connectivity index (χ1) is 10.2. The van der Waals surface area contributed by atoms with Crippen LogP contribution in [0, 0.1) is 5.92 Å². The van der Waals surface area contributed by atoms with Gasteiger partial charge in [-0.05, 0) is 47.4 Å². The Morgan fingerprint density at radius 1 is 1.00 bits per heavy atom. The summed E-state index contributed by atoms with van der Waals surface area (Å²) in [6.45, 7) is 5.50. The molecule has 2 aromatic rings. The summed E-state index contributed by atoms with van der Waals surface area (Å²) in [6.07, 6.45) is 3.61. The van der Waals surface area contributed by atoms with Crippen molar-refractivity contribution in [2.75, 3.05) is 0 Å². The van der Waals surface area contributed by atoms with E-state index in [0.29, 0.717) is 6.04 Å². The molecule has 21 heavy (non-hydrogen) atoms. The van der Waals surface area contributed by atoms with Crippen molar-refractivity contribution in [3.63, 3.8) is 0 Å². The lowest BCUT2D eigenvalue weighted by molar-refractivity contribution is 0.530. The molecule has 0 amide bonds. The quantitative estimate of drug-likeness (QED) is 0.839. The molecule has 1 heteroatoms. The average molecular weight is 279 g/mol. The van der Waals surface area contributed by atoms with Gasteiger partial charge in [0.05, 0.1) is 0 Å². The summed E-state index contributed by atoms with van der Waals surface area (Å²) in [7, 11) is 0. The molecule has 1 N–H and O–H groups in total. The largest absolute Gasteiger partial charge is 0.306 e. The van der Waals surface area contributed by atoms with Gasteiger partial charge in [-0.3, -0.25) is 0 Å². The summed E-state index contributed by atoms with van der Waals surface area (Å²) in [5.41, 5.74) is 5.84. The molecule has 0 aromatic heterocycles. The topological polar surface area (TPSA) is 12.0 Å². The molecule has 1 aliphatic rings. The van der Waals surface area contributed by atoms with E-state index in [1.165, 1.54) is 41.5 Å². The molecule has 1 unspecified atom stereocenters. The Morgan fingerprint density at radius 3 is 2.48 bits per heavy atom. The molecule has 110 valence electrons. The number of hydrogen-bond donors (Lipinski definition) is 1. The normalized spacial score (nSPS) is 17.2. The van der Waals surface area contributed by atoms with Crippen molar-refractivity contribution >= 4 is 0 Å². The minimum atomic E-state index is 0.525. The highest BCUT2D eigenvalue weighted by Gasteiger charge is 2.20. The lowest BCUT2D eigenvalue weighted by atomic mass is 10.0. The van der Waals surface area contributed by atoms with Crippen LogP contribution >= 0.6 is 0 Å². The zero-order chi connectivity index (χ0) is 14.7. The van der Waals surface area contributed by atoms with Crippen molar-refractivity contribution < 1.29 is 0 Å². The van der Waals surface area contributed by atoms with E-state index in [2.05, 4.69) is 67.7 Å². The van der Waals surface area contributed by atoms with Gasteiger partial charge in [0.2, 0.25) is 0 Å². The van der Waals surface area contributed by atoms with Crippen molar-refractivity contribution in [1.29, 1.82) is 0 Å². The van der Waals surface area contributed by atoms with Crippen LogP contribution in [0.2, 0.25) is 0 Å². The maximum absolute atomic E-state index is 3.71. The predicted molar refractivity (Wildman–Crippen MR) is 89.3 cm³/mol. The highest BCUT2D eigenvalue weighted by Crippen LogP contribution is 2.30. The Bertz CT molecular complexity index is 583. The summed E-state index contributed by atoms with van der Waals surface area (Å²) >= 11 is 0. The van der Waals surface area contributed by atoms with E-state index in [0.717, 1.165) is 12.5 Å². The van der Waals surface area contributed by atoms with Crippen LogP contribution < -0.4 is 5.32 Å². The van der Waals surface area contributed by atoms with E-state index in [1.807, 2.05) is 0 Å². The second-order valence-corrected chi connectivity index (χ2v) is 6.59. The lowest BCUT2D eigenvalue weighted by Gasteiger charge is -2.14. The van der Waals surface area contributed by atoms with Gasteiger partial charge in [0, 0.05) is 12.6 Å². The third kappa shape index (κ3) is 3.54. The van der Waals surface area contributed by atoms with E-state index in [-0.39, 0.29) is 0 Å². The Balaban J connectivity index is 1.59. The maximum atomic E-state index is 3.71. The second kappa shape index (κ2) is 6.44. The van der Waals surface area contributed by atoms with E-state index < -0.39 is 0 Å². The van der Waals surface area contributed by atoms with Crippen molar-refractivity contribution in [1.82, 2.24) is 5.32 Å². The highest BCUT2D eigenvalue weighted by atomic mass is 14.9.